The van der Waals surface area contributed by atoms with Crippen molar-refractivity contribution in [2.45, 2.75) is 27.2 Å². The maximum Gasteiger partial charge on any atom is 0.133 e. The lowest BCUT2D eigenvalue weighted by Crippen LogP contribution is -2.05. The molecule has 0 saturated heterocycles. The number of anilines is 1. The highest BCUT2D eigenvalue weighted by Crippen LogP contribution is 2.25. The molecule has 0 amide bonds. The third kappa shape index (κ3) is 2.47. The summed E-state index contributed by atoms with van der Waals surface area (Å²) < 4.78 is 0. The Morgan fingerprint density at radius 2 is 1.94 bits per heavy atom. The average Bonchev–Trinajstić information content (AvgIpc) is 2.40. The SMILES string of the molecule is CCNc1ncnc(-c2ccc(C)nc2)c1CC. The van der Waals surface area contributed by atoms with Crippen molar-refractivity contribution in [2.24, 2.45) is 0 Å². The summed E-state index contributed by atoms with van der Waals surface area (Å²) >= 11 is 0. The molecule has 2 aromatic heterocycles. The molecule has 0 bridgehead atoms. The zero-order valence-electron chi connectivity index (χ0n) is 11.1. The number of rotatable bonds is 4. The monoisotopic (exact) mass is 242 g/mol. The zero-order chi connectivity index (χ0) is 13.0. The molecule has 0 unspecified atom stereocenters. The van der Waals surface area contributed by atoms with Crippen LogP contribution >= 0.6 is 0 Å². The molecule has 2 rings (SSSR count). The number of aryl methyl sites for hydroxylation is 1. The summed E-state index contributed by atoms with van der Waals surface area (Å²) in [4.78, 5) is 13.0. The van der Waals surface area contributed by atoms with Gasteiger partial charge in [-0.05, 0) is 32.4 Å². The van der Waals surface area contributed by atoms with Gasteiger partial charge in [0.25, 0.3) is 0 Å². The Balaban J connectivity index is 2.49. The first kappa shape index (κ1) is 12.5. The molecule has 0 radical (unpaired) electrons. The Bertz CT molecular complexity index is 520. The highest BCUT2D eigenvalue weighted by atomic mass is 15.0. The molecule has 2 heterocycles. The summed E-state index contributed by atoms with van der Waals surface area (Å²) in [6, 6.07) is 4.06. The molecule has 94 valence electrons. The molecular formula is C14H18N4. The van der Waals surface area contributed by atoms with E-state index >= 15 is 0 Å². The van der Waals surface area contributed by atoms with Crippen LogP contribution in [-0.4, -0.2) is 21.5 Å². The zero-order valence-corrected chi connectivity index (χ0v) is 11.1. The number of nitrogens with one attached hydrogen (secondary N) is 1. The lowest BCUT2D eigenvalue weighted by molar-refractivity contribution is 1.03. The van der Waals surface area contributed by atoms with Crippen molar-refractivity contribution >= 4 is 5.82 Å². The Morgan fingerprint density at radius 3 is 2.56 bits per heavy atom. The van der Waals surface area contributed by atoms with Gasteiger partial charge in [-0.3, -0.25) is 4.98 Å². The van der Waals surface area contributed by atoms with Gasteiger partial charge in [-0.2, -0.15) is 0 Å². The van der Waals surface area contributed by atoms with Gasteiger partial charge in [-0.1, -0.05) is 6.92 Å². The summed E-state index contributed by atoms with van der Waals surface area (Å²) in [5.74, 6) is 0.922. The number of pyridine rings is 1. The smallest absolute Gasteiger partial charge is 0.133 e. The quantitative estimate of drug-likeness (QED) is 0.895. The fraction of sp³-hybridized carbons (Fsp3) is 0.357. The van der Waals surface area contributed by atoms with E-state index in [1.54, 1.807) is 6.33 Å². The van der Waals surface area contributed by atoms with Crippen molar-refractivity contribution in [1.29, 1.82) is 0 Å². The molecule has 4 nitrogen and oxygen atoms in total. The maximum atomic E-state index is 4.40. The lowest BCUT2D eigenvalue weighted by Gasteiger charge is -2.12. The molecule has 0 atom stereocenters. The van der Waals surface area contributed by atoms with Crippen molar-refractivity contribution in [2.75, 3.05) is 11.9 Å². The first-order chi connectivity index (χ1) is 8.76. The van der Waals surface area contributed by atoms with Gasteiger partial charge >= 0.3 is 0 Å². The third-order valence-electron chi connectivity index (χ3n) is 2.83. The van der Waals surface area contributed by atoms with Crippen molar-refractivity contribution in [3.8, 4) is 11.3 Å². The summed E-state index contributed by atoms with van der Waals surface area (Å²) in [5.41, 5.74) is 4.16. The van der Waals surface area contributed by atoms with Gasteiger partial charge in [0.05, 0.1) is 5.69 Å². The van der Waals surface area contributed by atoms with Gasteiger partial charge in [0.2, 0.25) is 0 Å². The van der Waals surface area contributed by atoms with Crippen molar-refractivity contribution < 1.29 is 0 Å². The highest BCUT2D eigenvalue weighted by Gasteiger charge is 2.11. The molecule has 0 aromatic carbocycles. The summed E-state index contributed by atoms with van der Waals surface area (Å²) in [5, 5.41) is 3.28. The van der Waals surface area contributed by atoms with E-state index in [4.69, 9.17) is 0 Å². The second kappa shape index (κ2) is 5.58. The lowest BCUT2D eigenvalue weighted by atomic mass is 10.1. The molecular weight excluding hydrogens is 224 g/mol. The van der Waals surface area contributed by atoms with Crippen molar-refractivity contribution in [3.63, 3.8) is 0 Å². The van der Waals surface area contributed by atoms with E-state index in [9.17, 15) is 0 Å². The predicted molar refractivity (Wildman–Crippen MR) is 73.5 cm³/mol. The van der Waals surface area contributed by atoms with Gasteiger partial charge in [0, 0.05) is 29.6 Å². The summed E-state index contributed by atoms with van der Waals surface area (Å²) in [6.45, 7) is 7.02. The molecule has 4 heteroatoms. The van der Waals surface area contributed by atoms with Crippen molar-refractivity contribution in [3.05, 3.63) is 35.9 Å². The van der Waals surface area contributed by atoms with E-state index in [0.717, 1.165) is 41.3 Å². The Labute approximate surface area is 108 Å². The van der Waals surface area contributed by atoms with Crippen LogP contribution in [0.1, 0.15) is 25.1 Å². The van der Waals surface area contributed by atoms with Crippen molar-refractivity contribution in [1.82, 2.24) is 15.0 Å². The van der Waals surface area contributed by atoms with Crippen LogP contribution in [0.3, 0.4) is 0 Å². The number of hydrogen-bond acceptors (Lipinski definition) is 4. The molecule has 2 aromatic rings. The maximum absolute atomic E-state index is 4.40. The fourth-order valence-electron chi connectivity index (χ4n) is 1.92. The molecule has 0 spiro atoms. The highest BCUT2D eigenvalue weighted by molar-refractivity contribution is 5.67. The van der Waals surface area contributed by atoms with Gasteiger partial charge in [0.15, 0.2) is 0 Å². The molecule has 0 aliphatic rings. The minimum atomic E-state index is 0.857. The molecule has 0 fully saturated rings. The first-order valence-electron chi connectivity index (χ1n) is 6.27. The standard InChI is InChI=1S/C14H18N4/c1-4-12-13(11-7-6-10(3)16-8-11)17-9-18-14(12)15-5-2/h6-9H,4-5H2,1-3H3,(H,15,17,18). The van der Waals surface area contributed by atoms with Crippen LogP contribution in [0.2, 0.25) is 0 Å². The van der Waals surface area contributed by atoms with E-state index < -0.39 is 0 Å². The van der Waals surface area contributed by atoms with Gasteiger partial charge in [-0.15, -0.1) is 0 Å². The fourth-order valence-corrected chi connectivity index (χ4v) is 1.92. The van der Waals surface area contributed by atoms with Crippen LogP contribution in [0.5, 0.6) is 0 Å². The van der Waals surface area contributed by atoms with E-state index in [1.165, 1.54) is 0 Å². The van der Waals surface area contributed by atoms with Crippen LogP contribution in [0.25, 0.3) is 11.3 Å². The van der Waals surface area contributed by atoms with Gasteiger partial charge in [-0.25, -0.2) is 9.97 Å². The minimum absolute atomic E-state index is 0.857. The largest absolute Gasteiger partial charge is 0.370 e. The number of aromatic nitrogens is 3. The van der Waals surface area contributed by atoms with E-state index in [-0.39, 0.29) is 0 Å². The summed E-state index contributed by atoms with van der Waals surface area (Å²) in [7, 11) is 0. The van der Waals surface area contributed by atoms with Crippen LogP contribution in [0.15, 0.2) is 24.7 Å². The van der Waals surface area contributed by atoms with Gasteiger partial charge < -0.3 is 5.32 Å². The molecule has 0 aliphatic carbocycles. The Morgan fingerprint density at radius 1 is 1.11 bits per heavy atom. The second-order valence-corrected chi connectivity index (χ2v) is 4.12. The van der Waals surface area contributed by atoms with E-state index in [2.05, 4.69) is 40.2 Å². The average molecular weight is 242 g/mol. The van der Waals surface area contributed by atoms with Crippen LogP contribution < -0.4 is 5.32 Å². The molecule has 18 heavy (non-hydrogen) atoms. The van der Waals surface area contributed by atoms with Crippen LogP contribution in [0, 0.1) is 6.92 Å². The molecule has 1 N–H and O–H groups in total. The Kier molecular flexibility index (Phi) is 3.87. The second-order valence-electron chi connectivity index (χ2n) is 4.12. The molecule has 0 aliphatic heterocycles. The Hall–Kier alpha value is -1.97. The normalized spacial score (nSPS) is 10.4. The van der Waals surface area contributed by atoms with Crippen LogP contribution in [-0.2, 0) is 6.42 Å². The summed E-state index contributed by atoms with van der Waals surface area (Å²) in [6.07, 6.45) is 4.37. The van der Waals surface area contributed by atoms with Crippen LogP contribution in [0.4, 0.5) is 5.82 Å². The third-order valence-corrected chi connectivity index (χ3v) is 2.83. The number of nitrogens with zero attached hydrogens (tertiary/aromatic N) is 3. The van der Waals surface area contributed by atoms with E-state index in [1.807, 2.05) is 19.2 Å². The number of hydrogen-bond donors (Lipinski definition) is 1. The predicted octanol–water partition coefficient (Wildman–Crippen LogP) is 2.84. The van der Waals surface area contributed by atoms with E-state index in [0.29, 0.717) is 0 Å². The minimum Gasteiger partial charge on any atom is -0.370 e. The van der Waals surface area contributed by atoms with Gasteiger partial charge in [0.1, 0.15) is 12.1 Å². The first-order valence-corrected chi connectivity index (χ1v) is 6.27. The molecule has 0 saturated carbocycles. The topological polar surface area (TPSA) is 50.7 Å².